The lowest BCUT2D eigenvalue weighted by atomic mass is 10.1. The quantitative estimate of drug-likeness (QED) is 0.896. The van der Waals surface area contributed by atoms with Crippen molar-refractivity contribution in [2.45, 2.75) is 31.9 Å². The van der Waals surface area contributed by atoms with Crippen LogP contribution in [-0.4, -0.2) is 54.7 Å². The van der Waals surface area contributed by atoms with E-state index >= 15 is 0 Å². The molecule has 1 aliphatic heterocycles. The highest BCUT2D eigenvalue weighted by atomic mass is 19.4. The lowest BCUT2D eigenvalue weighted by Gasteiger charge is -2.23. The van der Waals surface area contributed by atoms with Gasteiger partial charge in [0, 0.05) is 31.9 Å². The molecular formula is C17H22F3N3O. The number of hydrogen-bond donors (Lipinski definition) is 1. The zero-order chi connectivity index (χ0) is 17.2. The number of urea groups is 1. The Morgan fingerprint density at radius 1 is 1.04 bits per heavy atom. The Hall–Kier alpha value is -1.76. The topological polar surface area (TPSA) is 35.6 Å². The van der Waals surface area contributed by atoms with Crippen LogP contribution in [0.4, 0.5) is 23.7 Å². The van der Waals surface area contributed by atoms with E-state index in [9.17, 15) is 18.0 Å². The molecule has 0 bridgehead atoms. The number of halogens is 3. The van der Waals surface area contributed by atoms with E-state index in [0.717, 1.165) is 24.9 Å². The van der Waals surface area contributed by atoms with Gasteiger partial charge in [0.05, 0.1) is 6.54 Å². The number of aryl methyl sites for hydroxylation is 2. The SMILES string of the molecule is O=C(Nc1ccc2c(c1)CCC2)N1CCCN(CC(F)(F)F)CC1. The van der Waals surface area contributed by atoms with E-state index in [1.165, 1.54) is 16.0 Å². The zero-order valence-electron chi connectivity index (χ0n) is 13.5. The number of rotatable bonds is 2. The molecule has 1 heterocycles. The smallest absolute Gasteiger partial charge is 0.323 e. The van der Waals surface area contributed by atoms with Crippen LogP contribution < -0.4 is 5.32 Å². The lowest BCUT2D eigenvalue weighted by Crippen LogP contribution is -2.40. The second kappa shape index (κ2) is 7.01. The molecule has 24 heavy (non-hydrogen) atoms. The van der Waals surface area contributed by atoms with Crippen molar-refractivity contribution < 1.29 is 18.0 Å². The van der Waals surface area contributed by atoms with Gasteiger partial charge in [0.15, 0.2) is 0 Å². The van der Waals surface area contributed by atoms with Crippen molar-refractivity contribution in [1.29, 1.82) is 0 Å². The summed E-state index contributed by atoms with van der Waals surface area (Å²) in [5.74, 6) is 0. The Balaban J connectivity index is 1.55. The van der Waals surface area contributed by atoms with Crippen LogP contribution in [0.15, 0.2) is 18.2 Å². The third-order valence-corrected chi connectivity index (χ3v) is 4.63. The first-order valence-electron chi connectivity index (χ1n) is 8.37. The van der Waals surface area contributed by atoms with Gasteiger partial charge in [-0.25, -0.2) is 4.79 Å². The van der Waals surface area contributed by atoms with Crippen molar-refractivity contribution in [2.75, 3.05) is 38.0 Å². The molecule has 2 amide bonds. The number of alkyl halides is 3. The summed E-state index contributed by atoms with van der Waals surface area (Å²) < 4.78 is 37.5. The normalized spacial score (nSPS) is 19.0. The first-order valence-corrected chi connectivity index (χ1v) is 8.37. The first kappa shape index (κ1) is 17.1. The van der Waals surface area contributed by atoms with E-state index in [4.69, 9.17) is 0 Å². The molecule has 2 aliphatic rings. The predicted molar refractivity (Wildman–Crippen MR) is 86.2 cm³/mol. The fourth-order valence-corrected chi connectivity index (χ4v) is 3.44. The third kappa shape index (κ3) is 4.41. The molecule has 1 aromatic rings. The van der Waals surface area contributed by atoms with Gasteiger partial charge in [-0.3, -0.25) is 4.90 Å². The molecule has 1 aliphatic carbocycles. The van der Waals surface area contributed by atoms with Gasteiger partial charge in [0.25, 0.3) is 0 Å². The van der Waals surface area contributed by atoms with E-state index in [1.807, 2.05) is 18.2 Å². The van der Waals surface area contributed by atoms with Crippen LogP contribution in [0.2, 0.25) is 0 Å². The Bertz CT molecular complexity index is 603. The monoisotopic (exact) mass is 341 g/mol. The summed E-state index contributed by atoms with van der Waals surface area (Å²) in [7, 11) is 0. The molecular weight excluding hydrogens is 319 g/mol. The molecule has 1 fully saturated rings. The number of amides is 2. The summed E-state index contributed by atoms with van der Waals surface area (Å²) >= 11 is 0. The summed E-state index contributed by atoms with van der Waals surface area (Å²) in [6.07, 6.45) is -0.372. The zero-order valence-corrected chi connectivity index (χ0v) is 13.5. The van der Waals surface area contributed by atoms with Gasteiger partial charge in [-0.1, -0.05) is 6.07 Å². The van der Waals surface area contributed by atoms with Crippen molar-refractivity contribution in [1.82, 2.24) is 9.80 Å². The van der Waals surface area contributed by atoms with Gasteiger partial charge in [0.2, 0.25) is 0 Å². The highest BCUT2D eigenvalue weighted by molar-refractivity contribution is 5.89. The number of fused-ring (bicyclic) bond motifs is 1. The van der Waals surface area contributed by atoms with E-state index < -0.39 is 12.7 Å². The molecule has 7 heteroatoms. The van der Waals surface area contributed by atoms with Gasteiger partial charge in [-0.05, 0) is 48.9 Å². The van der Waals surface area contributed by atoms with Gasteiger partial charge in [0.1, 0.15) is 0 Å². The number of nitrogens with zero attached hydrogens (tertiary/aromatic N) is 2. The van der Waals surface area contributed by atoms with Crippen LogP contribution in [0.3, 0.4) is 0 Å². The second-order valence-electron chi connectivity index (χ2n) is 6.50. The minimum atomic E-state index is -4.19. The Morgan fingerprint density at radius 2 is 1.83 bits per heavy atom. The van der Waals surface area contributed by atoms with Crippen LogP contribution in [0.25, 0.3) is 0 Å². The highest BCUT2D eigenvalue weighted by Gasteiger charge is 2.31. The molecule has 1 aromatic carbocycles. The van der Waals surface area contributed by atoms with Crippen molar-refractivity contribution in [2.24, 2.45) is 0 Å². The maximum atomic E-state index is 12.5. The van der Waals surface area contributed by atoms with Crippen molar-refractivity contribution in [3.63, 3.8) is 0 Å². The average Bonchev–Trinajstić information content (AvgIpc) is 2.84. The summed E-state index contributed by atoms with van der Waals surface area (Å²) in [6, 6.07) is 5.72. The fourth-order valence-electron chi connectivity index (χ4n) is 3.44. The van der Waals surface area contributed by atoms with Crippen LogP contribution in [0, 0.1) is 0 Å². The van der Waals surface area contributed by atoms with E-state index in [2.05, 4.69) is 5.32 Å². The lowest BCUT2D eigenvalue weighted by molar-refractivity contribution is -0.145. The van der Waals surface area contributed by atoms with E-state index in [-0.39, 0.29) is 12.6 Å². The summed E-state index contributed by atoms with van der Waals surface area (Å²) in [5.41, 5.74) is 3.38. The second-order valence-corrected chi connectivity index (χ2v) is 6.50. The van der Waals surface area contributed by atoms with Crippen LogP contribution in [-0.2, 0) is 12.8 Å². The van der Waals surface area contributed by atoms with Crippen molar-refractivity contribution in [3.05, 3.63) is 29.3 Å². The van der Waals surface area contributed by atoms with Gasteiger partial charge >= 0.3 is 12.2 Å². The van der Waals surface area contributed by atoms with Crippen LogP contribution in [0.5, 0.6) is 0 Å². The number of carbonyl (C=O) groups excluding carboxylic acids is 1. The highest BCUT2D eigenvalue weighted by Crippen LogP contribution is 2.25. The standard InChI is InChI=1S/C17H22F3N3O/c18-17(19,20)12-22-7-2-8-23(10-9-22)16(24)21-15-6-5-13-3-1-4-14(13)11-15/h5-6,11H,1-4,7-10,12H2,(H,21,24). The minimum absolute atomic E-state index is 0.234. The minimum Gasteiger partial charge on any atom is -0.323 e. The molecule has 4 nitrogen and oxygen atoms in total. The number of carbonyl (C=O) groups is 1. The molecule has 0 radical (unpaired) electrons. The van der Waals surface area contributed by atoms with E-state index in [0.29, 0.717) is 26.1 Å². The molecule has 0 spiro atoms. The molecule has 0 unspecified atom stereocenters. The molecule has 0 aromatic heterocycles. The first-order chi connectivity index (χ1) is 11.4. The molecule has 3 rings (SSSR count). The van der Waals surface area contributed by atoms with Gasteiger partial charge in [-0.2, -0.15) is 13.2 Å². The van der Waals surface area contributed by atoms with E-state index in [1.54, 1.807) is 4.90 Å². The molecule has 1 N–H and O–H groups in total. The summed E-state index contributed by atoms with van der Waals surface area (Å²) in [6.45, 7) is 0.491. The average molecular weight is 341 g/mol. The molecule has 132 valence electrons. The Kier molecular flexibility index (Phi) is 4.99. The number of nitrogens with one attached hydrogen (secondary N) is 1. The van der Waals surface area contributed by atoms with Crippen LogP contribution >= 0.6 is 0 Å². The van der Waals surface area contributed by atoms with Crippen molar-refractivity contribution in [3.8, 4) is 0 Å². The maximum Gasteiger partial charge on any atom is 0.401 e. The molecule has 0 atom stereocenters. The van der Waals surface area contributed by atoms with Crippen molar-refractivity contribution >= 4 is 11.7 Å². The Morgan fingerprint density at radius 3 is 2.62 bits per heavy atom. The van der Waals surface area contributed by atoms with Gasteiger partial charge in [-0.15, -0.1) is 0 Å². The van der Waals surface area contributed by atoms with Crippen LogP contribution in [0.1, 0.15) is 24.0 Å². The third-order valence-electron chi connectivity index (χ3n) is 4.63. The number of anilines is 1. The summed E-state index contributed by atoms with van der Waals surface area (Å²) in [4.78, 5) is 15.4. The summed E-state index contributed by atoms with van der Waals surface area (Å²) in [5, 5.41) is 2.88. The number of benzene rings is 1. The molecule has 1 saturated heterocycles. The maximum absolute atomic E-state index is 12.5. The molecule has 0 saturated carbocycles. The Labute approximate surface area is 139 Å². The predicted octanol–water partition coefficient (Wildman–Crippen LogP) is 3.28. The van der Waals surface area contributed by atoms with Gasteiger partial charge < -0.3 is 10.2 Å². The fraction of sp³-hybridized carbons (Fsp3) is 0.588. The largest absolute Gasteiger partial charge is 0.401 e. The number of hydrogen-bond acceptors (Lipinski definition) is 2.